The molecule has 0 N–H and O–H groups in total. The molecule has 3 aromatic carbocycles. The second-order valence-electron chi connectivity index (χ2n) is 7.46. The van der Waals surface area contributed by atoms with Crippen LogP contribution in [0.4, 0.5) is 5.69 Å². The Morgan fingerprint density at radius 1 is 1.14 bits per heavy atom. The molecular weight excluding hydrogens is 572 g/mol. The Hall–Kier alpha value is -3.86. The molecule has 8 nitrogen and oxygen atoms in total. The number of hydrogen-bond donors (Lipinski definition) is 0. The van der Waals surface area contributed by atoms with Crippen molar-refractivity contribution < 1.29 is 24.0 Å². The van der Waals surface area contributed by atoms with Crippen LogP contribution in [0, 0.1) is 10.1 Å². The van der Waals surface area contributed by atoms with Crippen molar-refractivity contribution in [3.8, 4) is 5.75 Å². The summed E-state index contributed by atoms with van der Waals surface area (Å²) in [6, 6.07) is 17.8. The summed E-state index contributed by atoms with van der Waals surface area (Å²) in [7, 11) is 0. The van der Waals surface area contributed by atoms with E-state index in [1.807, 2.05) is 0 Å². The van der Waals surface area contributed by atoms with Crippen molar-refractivity contribution in [2.24, 2.45) is 4.99 Å². The predicted octanol–water partition coefficient (Wildman–Crippen LogP) is 6.79. The van der Waals surface area contributed by atoms with Gasteiger partial charge in [0.1, 0.15) is 10.6 Å². The van der Waals surface area contributed by atoms with E-state index < -0.39 is 16.9 Å². The van der Waals surface area contributed by atoms with Gasteiger partial charge in [0.25, 0.3) is 5.69 Å². The highest BCUT2D eigenvalue weighted by atomic mass is 79.9. The van der Waals surface area contributed by atoms with Gasteiger partial charge >= 0.3 is 11.9 Å². The molecule has 178 valence electrons. The molecule has 0 bridgehead atoms. The summed E-state index contributed by atoms with van der Waals surface area (Å²) in [5.74, 6) is -1.06. The van der Waals surface area contributed by atoms with Gasteiger partial charge in [-0.2, -0.15) is 0 Å². The quantitative estimate of drug-likeness (QED) is 0.0842. The van der Waals surface area contributed by atoms with E-state index >= 15 is 0 Å². The summed E-state index contributed by atoms with van der Waals surface area (Å²) in [5, 5.41) is 12.0. The lowest BCUT2D eigenvalue weighted by Crippen LogP contribution is -2.09. The first-order valence-electron chi connectivity index (χ1n) is 10.3. The second kappa shape index (κ2) is 9.65. The summed E-state index contributed by atoms with van der Waals surface area (Å²) in [6.07, 6.45) is 1.44. The van der Waals surface area contributed by atoms with Crippen molar-refractivity contribution in [3.05, 3.63) is 108 Å². The van der Waals surface area contributed by atoms with Gasteiger partial charge in [0.2, 0.25) is 5.90 Å². The van der Waals surface area contributed by atoms with Gasteiger partial charge in [-0.05, 0) is 42.5 Å². The standard InChI is InChI=1S/C25H12BrClN2O6S/c26-15-6-9-19(34-24(30)13-4-2-1-3-5-13)14(10-15)11-18-25(31)35-23(28-18)22-21(27)17-8-7-16(29(32)33)12-20(17)36-22/h1-12H/b18-11+. The van der Waals surface area contributed by atoms with Crippen molar-refractivity contribution in [2.75, 3.05) is 0 Å². The second-order valence-corrected chi connectivity index (χ2v) is 9.80. The maximum atomic E-state index is 12.6. The molecule has 0 saturated heterocycles. The summed E-state index contributed by atoms with van der Waals surface area (Å²) in [5.41, 5.74) is 0.688. The first kappa shape index (κ1) is 23.9. The minimum atomic E-state index is -0.718. The molecule has 11 heteroatoms. The molecular formula is C25H12BrClN2O6S. The molecule has 1 aliphatic heterocycles. The van der Waals surface area contributed by atoms with E-state index in [1.165, 1.54) is 18.2 Å². The molecule has 0 spiro atoms. The fraction of sp³-hybridized carbons (Fsp3) is 0. The normalized spacial score (nSPS) is 14.1. The zero-order valence-corrected chi connectivity index (χ0v) is 21.1. The molecule has 0 atom stereocenters. The van der Waals surface area contributed by atoms with Crippen LogP contribution >= 0.6 is 38.9 Å². The minimum Gasteiger partial charge on any atom is -0.422 e. The van der Waals surface area contributed by atoms with Gasteiger partial charge in [-0.3, -0.25) is 10.1 Å². The number of cyclic esters (lactones) is 1. The number of nitrogens with zero attached hydrogens (tertiary/aromatic N) is 2. The minimum absolute atomic E-state index is 0.0158. The van der Waals surface area contributed by atoms with Crippen LogP contribution in [0.15, 0.2) is 81.9 Å². The fourth-order valence-electron chi connectivity index (χ4n) is 3.42. The molecule has 0 saturated carbocycles. The average Bonchev–Trinajstić information content (AvgIpc) is 3.40. The average molecular weight is 584 g/mol. The molecule has 2 heterocycles. The lowest BCUT2D eigenvalue weighted by Gasteiger charge is -2.08. The van der Waals surface area contributed by atoms with E-state index in [1.54, 1.807) is 54.6 Å². The number of ether oxygens (including phenoxy) is 2. The third-order valence-corrected chi connectivity index (χ3v) is 7.25. The number of nitro benzene ring substituents is 1. The molecule has 0 unspecified atom stereocenters. The molecule has 0 aliphatic carbocycles. The first-order valence-corrected chi connectivity index (χ1v) is 12.2. The predicted molar refractivity (Wildman–Crippen MR) is 140 cm³/mol. The Labute approximate surface area is 220 Å². The zero-order valence-electron chi connectivity index (χ0n) is 17.9. The Morgan fingerprint density at radius 2 is 1.92 bits per heavy atom. The monoisotopic (exact) mass is 582 g/mol. The molecule has 1 aromatic heterocycles. The number of rotatable bonds is 5. The van der Waals surface area contributed by atoms with Gasteiger partial charge in [-0.1, -0.05) is 45.7 Å². The summed E-state index contributed by atoms with van der Waals surface area (Å²) in [6.45, 7) is 0. The number of carbonyl (C=O) groups excluding carboxylic acids is 2. The van der Waals surface area contributed by atoms with Crippen LogP contribution in [0.1, 0.15) is 20.8 Å². The summed E-state index contributed by atoms with van der Waals surface area (Å²) >= 11 is 11.0. The number of non-ortho nitro benzene ring substituents is 1. The van der Waals surface area contributed by atoms with Gasteiger partial charge in [-0.15, -0.1) is 11.3 Å². The Morgan fingerprint density at radius 3 is 2.67 bits per heavy atom. The van der Waals surface area contributed by atoms with E-state index in [4.69, 9.17) is 21.1 Å². The largest absolute Gasteiger partial charge is 0.422 e. The Kier molecular flexibility index (Phi) is 6.40. The third-order valence-electron chi connectivity index (χ3n) is 5.11. The molecule has 36 heavy (non-hydrogen) atoms. The smallest absolute Gasteiger partial charge is 0.363 e. The van der Waals surface area contributed by atoms with Crippen molar-refractivity contribution in [3.63, 3.8) is 0 Å². The van der Waals surface area contributed by atoms with Crippen molar-refractivity contribution in [1.29, 1.82) is 0 Å². The lowest BCUT2D eigenvalue weighted by atomic mass is 10.1. The SMILES string of the molecule is O=C1OC(c2sc3cc([N+](=O)[O-])ccc3c2Cl)=N/C1=C/c1cc(Br)ccc1OC(=O)c1ccccc1. The molecule has 0 radical (unpaired) electrons. The molecule has 5 rings (SSSR count). The first-order chi connectivity index (χ1) is 17.3. The summed E-state index contributed by atoms with van der Waals surface area (Å²) < 4.78 is 12.2. The molecule has 0 amide bonds. The molecule has 4 aromatic rings. The topological polar surface area (TPSA) is 108 Å². The highest BCUT2D eigenvalue weighted by Crippen LogP contribution is 2.39. The van der Waals surface area contributed by atoms with E-state index in [2.05, 4.69) is 20.9 Å². The zero-order chi connectivity index (χ0) is 25.4. The number of aliphatic imine (C=N–C) groups is 1. The molecule has 1 aliphatic rings. The number of fused-ring (bicyclic) bond motifs is 1. The van der Waals surface area contributed by atoms with Gasteiger partial charge in [0, 0.05) is 32.3 Å². The number of nitro groups is 1. The Bertz CT molecular complexity index is 1630. The van der Waals surface area contributed by atoms with E-state index in [9.17, 15) is 19.7 Å². The fourth-order valence-corrected chi connectivity index (χ4v) is 5.27. The number of halogens is 2. The van der Waals surface area contributed by atoms with Crippen molar-refractivity contribution in [1.82, 2.24) is 0 Å². The summed E-state index contributed by atoms with van der Waals surface area (Å²) in [4.78, 5) is 40.4. The van der Waals surface area contributed by atoms with Gasteiger partial charge < -0.3 is 9.47 Å². The maximum Gasteiger partial charge on any atom is 0.363 e. The van der Waals surface area contributed by atoms with Crippen LogP contribution in [0.5, 0.6) is 5.75 Å². The third kappa shape index (κ3) is 4.66. The highest BCUT2D eigenvalue weighted by Gasteiger charge is 2.29. The maximum absolute atomic E-state index is 12.6. The van der Waals surface area contributed by atoms with Gasteiger partial charge in [-0.25, -0.2) is 14.6 Å². The number of benzene rings is 3. The van der Waals surface area contributed by atoms with Crippen molar-refractivity contribution in [2.45, 2.75) is 0 Å². The molecule has 0 fully saturated rings. The van der Waals surface area contributed by atoms with Crippen LogP contribution in [0.3, 0.4) is 0 Å². The van der Waals surface area contributed by atoms with Crippen LogP contribution in [-0.2, 0) is 9.53 Å². The number of carbonyl (C=O) groups is 2. The number of hydrogen-bond acceptors (Lipinski definition) is 8. The van der Waals surface area contributed by atoms with Crippen LogP contribution < -0.4 is 4.74 Å². The highest BCUT2D eigenvalue weighted by molar-refractivity contribution is 9.10. The van der Waals surface area contributed by atoms with E-state index in [0.717, 1.165) is 11.3 Å². The van der Waals surface area contributed by atoms with E-state index in [0.29, 0.717) is 30.6 Å². The van der Waals surface area contributed by atoms with Crippen molar-refractivity contribution >= 4 is 78.6 Å². The van der Waals surface area contributed by atoms with Crippen LogP contribution in [0.2, 0.25) is 5.02 Å². The number of thiophene rings is 1. The lowest BCUT2D eigenvalue weighted by molar-refractivity contribution is -0.384. The Balaban J connectivity index is 1.50. The van der Waals surface area contributed by atoms with E-state index in [-0.39, 0.29) is 28.1 Å². The van der Waals surface area contributed by atoms with Crippen LogP contribution in [-0.4, -0.2) is 22.8 Å². The van der Waals surface area contributed by atoms with Gasteiger partial charge in [0.15, 0.2) is 5.70 Å². The number of esters is 2. The van der Waals surface area contributed by atoms with Crippen LogP contribution in [0.25, 0.3) is 16.2 Å². The van der Waals surface area contributed by atoms with Gasteiger partial charge in [0.05, 0.1) is 15.5 Å².